The number of imidazole rings is 2. The minimum atomic E-state index is -0.253. The molecule has 0 fully saturated rings. The van der Waals surface area contributed by atoms with Crippen molar-refractivity contribution in [3.8, 4) is 33.6 Å². The van der Waals surface area contributed by atoms with Gasteiger partial charge in [-0.2, -0.15) is 0 Å². The SMILES string of the molecule is CC(C)CC(=O)[C@H](C)N(c1ncc(-c2ccc(-c3ccc(-c4cnc([C@H](C(C)C)N(C)C(=O)CC(C)C)[nH]4)cc3)cc2)[nH]1)C(C)C. The number of Topliss-reactive ketones (excluding diaryl/α,β-unsaturated/α-hetero) is 1. The normalized spacial score (nSPS) is 13.1. The number of carbonyl (C=O) groups is 2. The molecule has 4 rings (SSSR count). The molecule has 2 heterocycles. The van der Waals surface area contributed by atoms with Gasteiger partial charge < -0.3 is 19.8 Å². The summed E-state index contributed by atoms with van der Waals surface area (Å²) >= 11 is 0. The van der Waals surface area contributed by atoms with Crippen molar-refractivity contribution in [3.63, 3.8) is 0 Å². The monoisotopic (exact) mass is 624 g/mol. The van der Waals surface area contributed by atoms with Crippen LogP contribution in [0.25, 0.3) is 33.6 Å². The molecule has 0 aliphatic carbocycles. The summed E-state index contributed by atoms with van der Waals surface area (Å²) in [7, 11) is 1.88. The first-order valence-corrected chi connectivity index (χ1v) is 16.6. The van der Waals surface area contributed by atoms with Crippen LogP contribution in [-0.4, -0.2) is 55.7 Å². The molecule has 0 saturated heterocycles. The molecule has 246 valence electrons. The second-order valence-electron chi connectivity index (χ2n) is 14.0. The lowest BCUT2D eigenvalue weighted by atomic mass is 10.0. The average Bonchev–Trinajstić information content (AvgIpc) is 3.67. The maximum absolute atomic E-state index is 12.9. The van der Waals surface area contributed by atoms with E-state index in [0.717, 1.165) is 39.5 Å². The number of nitrogens with one attached hydrogen (secondary N) is 2. The predicted octanol–water partition coefficient (Wildman–Crippen LogP) is 8.55. The van der Waals surface area contributed by atoms with Gasteiger partial charge in [-0.1, -0.05) is 90.1 Å². The first-order chi connectivity index (χ1) is 21.8. The molecule has 0 saturated carbocycles. The van der Waals surface area contributed by atoms with Crippen LogP contribution in [0.1, 0.15) is 87.0 Å². The highest BCUT2D eigenvalue weighted by molar-refractivity contribution is 5.86. The minimum Gasteiger partial charge on any atom is -0.340 e. The molecule has 0 aliphatic heterocycles. The van der Waals surface area contributed by atoms with E-state index in [1.54, 1.807) is 0 Å². The van der Waals surface area contributed by atoms with E-state index in [2.05, 4.69) is 129 Å². The van der Waals surface area contributed by atoms with Crippen molar-refractivity contribution < 1.29 is 9.59 Å². The molecule has 4 aromatic rings. The van der Waals surface area contributed by atoms with Crippen molar-refractivity contribution in [1.82, 2.24) is 24.8 Å². The first kappa shape index (κ1) is 34.7. The molecule has 2 aromatic heterocycles. The number of ketones is 1. The molecule has 8 heteroatoms. The summed E-state index contributed by atoms with van der Waals surface area (Å²) in [5, 5.41) is 0. The van der Waals surface area contributed by atoms with Crippen LogP contribution >= 0.6 is 0 Å². The number of anilines is 1. The lowest BCUT2D eigenvalue weighted by molar-refractivity contribution is -0.134. The minimum absolute atomic E-state index is 0.118. The van der Waals surface area contributed by atoms with Gasteiger partial charge in [0.25, 0.3) is 0 Å². The molecule has 2 atom stereocenters. The van der Waals surface area contributed by atoms with E-state index < -0.39 is 0 Å². The van der Waals surface area contributed by atoms with Crippen molar-refractivity contribution in [3.05, 3.63) is 66.7 Å². The maximum atomic E-state index is 12.9. The number of H-pyrrole nitrogens is 2. The van der Waals surface area contributed by atoms with Gasteiger partial charge >= 0.3 is 0 Å². The zero-order valence-electron chi connectivity index (χ0n) is 29.3. The molecular formula is C38H52N6O2. The standard InChI is InChI=1S/C38H52N6O2/c1-23(2)19-34(45)27(9)44(26(7)8)38-40-22-33(42-38)31-17-13-29(14-18-31)28-11-15-30(16-12-28)32-21-39-37(41-32)36(25(5)6)43(10)35(46)20-24(3)4/h11-18,21-27,36H,19-20H2,1-10H3,(H,39,41)(H,40,42)/t27-,36-/m0/s1. The third kappa shape index (κ3) is 8.14. The number of amides is 1. The molecule has 0 spiro atoms. The number of rotatable bonds is 14. The Bertz CT molecular complexity index is 1460. The smallest absolute Gasteiger partial charge is 0.223 e. The second kappa shape index (κ2) is 14.9. The van der Waals surface area contributed by atoms with Crippen LogP contribution in [0, 0.1) is 17.8 Å². The largest absolute Gasteiger partial charge is 0.340 e. The van der Waals surface area contributed by atoms with Gasteiger partial charge in [0.05, 0.1) is 35.9 Å². The summed E-state index contributed by atoms with van der Waals surface area (Å²) in [5.41, 5.74) is 6.14. The number of hydrogen-bond donors (Lipinski definition) is 2. The molecule has 0 radical (unpaired) electrons. The fourth-order valence-corrected chi connectivity index (χ4v) is 6.10. The Kier molecular flexibility index (Phi) is 11.3. The van der Waals surface area contributed by atoms with Gasteiger partial charge in [0, 0.05) is 25.9 Å². The Morgan fingerprint density at radius 3 is 1.63 bits per heavy atom. The van der Waals surface area contributed by atoms with Crippen molar-refractivity contribution in [2.24, 2.45) is 17.8 Å². The average molecular weight is 625 g/mol. The summed E-state index contributed by atoms with van der Waals surface area (Å²) < 4.78 is 0. The Hall–Kier alpha value is -4.20. The van der Waals surface area contributed by atoms with Crippen LogP contribution in [0.3, 0.4) is 0 Å². The summed E-state index contributed by atoms with van der Waals surface area (Å²) in [6.45, 7) is 18.7. The van der Waals surface area contributed by atoms with E-state index in [-0.39, 0.29) is 35.7 Å². The van der Waals surface area contributed by atoms with Gasteiger partial charge in [-0.25, -0.2) is 9.97 Å². The lowest BCUT2D eigenvalue weighted by Gasteiger charge is -2.32. The van der Waals surface area contributed by atoms with Crippen molar-refractivity contribution in [2.75, 3.05) is 11.9 Å². The van der Waals surface area contributed by atoms with Gasteiger partial charge in [-0.3, -0.25) is 9.59 Å². The lowest BCUT2D eigenvalue weighted by Crippen LogP contribution is -2.44. The number of nitrogens with zero attached hydrogens (tertiary/aromatic N) is 4. The Morgan fingerprint density at radius 2 is 1.15 bits per heavy atom. The van der Waals surface area contributed by atoms with Gasteiger partial charge in [0.2, 0.25) is 11.9 Å². The van der Waals surface area contributed by atoms with Crippen molar-refractivity contribution in [2.45, 2.75) is 93.3 Å². The highest BCUT2D eigenvalue weighted by Gasteiger charge is 2.28. The van der Waals surface area contributed by atoms with Gasteiger partial charge in [-0.15, -0.1) is 0 Å². The molecule has 0 unspecified atom stereocenters. The maximum Gasteiger partial charge on any atom is 0.223 e. The number of carbonyl (C=O) groups excluding carboxylic acids is 2. The number of benzene rings is 2. The summed E-state index contributed by atoms with van der Waals surface area (Å²) in [5.74, 6) is 2.73. The van der Waals surface area contributed by atoms with Crippen LogP contribution in [0.15, 0.2) is 60.9 Å². The van der Waals surface area contributed by atoms with E-state index in [0.29, 0.717) is 30.6 Å². The Morgan fingerprint density at radius 1 is 0.674 bits per heavy atom. The Balaban J connectivity index is 1.48. The summed E-state index contributed by atoms with van der Waals surface area (Å²) in [6, 6.07) is 16.6. The predicted molar refractivity (Wildman–Crippen MR) is 188 cm³/mol. The van der Waals surface area contributed by atoms with Crippen LogP contribution in [0.4, 0.5) is 5.95 Å². The van der Waals surface area contributed by atoms with Crippen LogP contribution < -0.4 is 4.90 Å². The van der Waals surface area contributed by atoms with Crippen LogP contribution in [-0.2, 0) is 9.59 Å². The third-order valence-corrected chi connectivity index (χ3v) is 8.48. The topological polar surface area (TPSA) is 98.0 Å². The first-order valence-electron chi connectivity index (χ1n) is 16.6. The van der Waals surface area contributed by atoms with Crippen molar-refractivity contribution in [1.29, 1.82) is 0 Å². The number of aromatic amines is 2. The summed E-state index contributed by atoms with van der Waals surface area (Å²) in [4.78, 5) is 45.9. The fraction of sp³-hybridized carbons (Fsp3) is 0.474. The number of hydrogen-bond acceptors (Lipinski definition) is 5. The molecular weight excluding hydrogens is 572 g/mol. The quantitative estimate of drug-likeness (QED) is 0.146. The molecule has 8 nitrogen and oxygen atoms in total. The van der Waals surface area contributed by atoms with Crippen LogP contribution in [0.2, 0.25) is 0 Å². The molecule has 2 N–H and O–H groups in total. The van der Waals surface area contributed by atoms with Crippen molar-refractivity contribution >= 4 is 17.6 Å². The van der Waals surface area contributed by atoms with Gasteiger partial charge in [0.1, 0.15) is 5.82 Å². The highest BCUT2D eigenvalue weighted by Crippen LogP contribution is 2.31. The van der Waals surface area contributed by atoms with E-state index in [9.17, 15) is 9.59 Å². The molecule has 1 amide bonds. The molecule has 0 aliphatic rings. The van der Waals surface area contributed by atoms with E-state index >= 15 is 0 Å². The van der Waals surface area contributed by atoms with Gasteiger partial charge in [-0.05, 0) is 60.8 Å². The summed E-state index contributed by atoms with van der Waals surface area (Å²) in [6.07, 6.45) is 4.78. The second-order valence-corrected chi connectivity index (χ2v) is 14.0. The van der Waals surface area contributed by atoms with E-state index in [1.807, 2.05) is 31.3 Å². The Labute approximate surface area is 275 Å². The zero-order chi connectivity index (χ0) is 33.7. The fourth-order valence-electron chi connectivity index (χ4n) is 6.10. The van der Waals surface area contributed by atoms with Gasteiger partial charge in [0.15, 0.2) is 5.78 Å². The zero-order valence-corrected chi connectivity index (χ0v) is 29.3. The number of aromatic nitrogens is 4. The van der Waals surface area contributed by atoms with E-state index in [1.165, 1.54) is 0 Å². The molecule has 0 bridgehead atoms. The molecule has 46 heavy (non-hydrogen) atoms. The highest BCUT2D eigenvalue weighted by atomic mass is 16.2. The third-order valence-electron chi connectivity index (χ3n) is 8.48. The van der Waals surface area contributed by atoms with E-state index in [4.69, 9.17) is 0 Å². The molecule has 2 aromatic carbocycles. The van der Waals surface area contributed by atoms with Crippen LogP contribution in [0.5, 0.6) is 0 Å².